The van der Waals surface area contributed by atoms with Gasteiger partial charge in [0.15, 0.2) is 0 Å². The van der Waals surface area contributed by atoms with Crippen LogP contribution in [0.5, 0.6) is 5.75 Å². The summed E-state index contributed by atoms with van der Waals surface area (Å²) in [5.41, 5.74) is 1.76. The van der Waals surface area contributed by atoms with Crippen molar-refractivity contribution in [3.8, 4) is 5.75 Å². The summed E-state index contributed by atoms with van der Waals surface area (Å²) in [6.07, 6.45) is 2.04. The van der Waals surface area contributed by atoms with Crippen molar-refractivity contribution < 1.29 is 9.13 Å². The maximum atomic E-state index is 13.6. The fourth-order valence-corrected chi connectivity index (χ4v) is 2.21. The van der Waals surface area contributed by atoms with Crippen molar-refractivity contribution in [2.75, 3.05) is 20.6 Å². The second-order valence-electron chi connectivity index (χ2n) is 5.39. The minimum atomic E-state index is -0.220. The Morgan fingerprint density at radius 2 is 1.62 bits per heavy atom. The summed E-state index contributed by atoms with van der Waals surface area (Å²) in [7, 11) is 4.14. The zero-order valence-electron chi connectivity index (χ0n) is 12.7. The van der Waals surface area contributed by atoms with Crippen LogP contribution in [-0.4, -0.2) is 25.5 Å². The molecule has 0 saturated carbocycles. The van der Waals surface area contributed by atoms with Gasteiger partial charge in [0.05, 0.1) is 0 Å². The van der Waals surface area contributed by atoms with E-state index in [-0.39, 0.29) is 12.4 Å². The van der Waals surface area contributed by atoms with Crippen LogP contribution < -0.4 is 4.74 Å². The van der Waals surface area contributed by atoms with Crippen molar-refractivity contribution >= 4 is 0 Å². The molecule has 0 spiro atoms. The highest BCUT2D eigenvalue weighted by atomic mass is 19.1. The van der Waals surface area contributed by atoms with Gasteiger partial charge in [0.25, 0.3) is 0 Å². The summed E-state index contributed by atoms with van der Waals surface area (Å²) >= 11 is 0. The predicted molar refractivity (Wildman–Crippen MR) is 84.0 cm³/mol. The first kappa shape index (κ1) is 15.5. The van der Waals surface area contributed by atoms with Gasteiger partial charge in [-0.25, -0.2) is 4.39 Å². The average molecular weight is 287 g/mol. The summed E-state index contributed by atoms with van der Waals surface area (Å²) in [6.45, 7) is 1.30. The Hall–Kier alpha value is -1.87. The number of para-hydroxylation sites is 1. The minimum absolute atomic E-state index is 0.220. The lowest BCUT2D eigenvalue weighted by Gasteiger charge is -2.13. The molecule has 2 nitrogen and oxygen atoms in total. The molecule has 0 atom stereocenters. The van der Waals surface area contributed by atoms with Gasteiger partial charge in [0.1, 0.15) is 18.2 Å². The van der Waals surface area contributed by atoms with Crippen LogP contribution in [0.1, 0.15) is 17.5 Å². The molecule has 2 aromatic carbocycles. The van der Waals surface area contributed by atoms with Gasteiger partial charge >= 0.3 is 0 Å². The van der Waals surface area contributed by atoms with Crippen LogP contribution in [0.3, 0.4) is 0 Å². The molecule has 3 heteroatoms. The van der Waals surface area contributed by atoms with Crippen molar-refractivity contribution in [3.63, 3.8) is 0 Å². The van der Waals surface area contributed by atoms with Crippen LogP contribution in [0.15, 0.2) is 48.5 Å². The average Bonchev–Trinajstić information content (AvgIpc) is 2.47. The van der Waals surface area contributed by atoms with E-state index < -0.39 is 0 Å². The first-order valence-corrected chi connectivity index (χ1v) is 7.25. The molecule has 0 radical (unpaired) electrons. The number of nitrogens with zero attached hydrogens (tertiary/aromatic N) is 1. The van der Waals surface area contributed by atoms with Gasteiger partial charge in [-0.3, -0.25) is 0 Å². The molecule has 0 bridgehead atoms. The fourth-order valence-electron chi connectivity index (χ4n) is 2.21. The second-order valence-corrected chi connectivity index (χ2v) is 5.39. The molecule has 0 heterocycles. The molecular weight excluding hydrogens is 265 g/mol. The molecule has 0 N–H and O–H groups in total. The van der Waals surface area contributed by atoms with Crippen LogP contribution >= 0.6 is 0 Å². The molecule has 0 aliphatic carbocycles. The highest BCUT2D eigenvalue weighted by molar-refractivity contribution is 5.33. The number of hydrogen-bond donors (Lipinski definition) is 0. The summed E-state index contributed by atoms with van der Waals surface area (Å²) < 4.78 is 19.4. The number of halogens is 1. The second kappa shape index (κ2) is 7.79. The van der Waals surface area contributed by atoms with Gasteiger partial charge in [-0.1, -0.05) is 36.4 Å². The quantitative estimate of drug-likeness (QED) is 0.766. The van der Waals surface area contributed by atoms with Crippen molar-refractivity contribution in [2.45, 2.75) is 19.4 Å². The third kappa shape index (κ3) is 4.87. The highest BCUT2D eigenvalue weighted by Gasteiger charge is 2.06. The van der Waals surface area contributed by atoms with Gasteiger partial charge in [0, 0.05) is 5.56 Å². The van der Waals surface area contributed by atoms with Gasteiger partial charge < -0.3 is 9.64 Å². The Labute approximate surface area is 126 Å². The molecule has 0 saturated heterocycles. The molecule has 0 aliphatic rings. The summed E-state index contributed by atoms with van der Waals surface area (Å²) in [6, 6.07) is 14.7. The molecule has 0 aliphatic heterocycles. The minimum Gasteiger partial charge on any atom is -0.489 e. The maximum absolute atomic E-state index is 13.6. The van der Waals surface area contributed by atoms with E-state index in [1.807, 2.05) is 24.3 Å². The molecular formula is C18H22FNO. The molecule has 21 heavy (non-hydrogen) atoms. The van der Waals surface area contributed by atoms with Crippen LogP contribution in [0.25, 0.3) is 0 Å². The SMILES string of the molecule is CN(C)CCCc1ccccc1OCc1ccccc1F. The third-order valence-electron chi connectivity index (χ3n) is 3.37. The Balaban J connectivity index is 1.98. The Morgan fingerprint density at radius 1 is 0.952 bits per heavy atom. The summed E-state index contributed by atoms with van der Waals surface area (Å²) in [5, 5.41) is 0. The number of rotatable bonds is 7. The van der Waals surface area contributed by atoms with Crippen molar-refractivity contribution in [3.05, 3.63) is 65.5 Å². The zero-order valence-corrected chi connectivity index (χ0v) is 12.7. The maximum Gasteiger partial charge on any atom is 0.129 e. The Bertz CT molecular complexity index is 569. The molecule has 0 aromatic heterocycles. The van der Waals surface area contributed by atoms with E-state index in [0.29, 0.717) is 5.56 Å². The lowest BCUT2D eigenvalue weighted by atomic mass is 10.1. The fraction of sp³-hybridized carbons (Fsp3) is 0.333. The van der Waals surface area contributed by atoms with E-state index in [1.54, 1.807) is 12.1 Å². The van der Waals surface area contributed by atoms with Gasteiger partial charge in [-0.2, -0.15) is 0 Å². The molecule has 0 amide bonds. The number of ether oxygens (including phenoxy) is 1. The number of benzene rings is 2. The molecule has 2 aromatic rings. The van der Waals surface area contributed by atoms with Crippen LogP contribution in [0.4, 0.5) is 4.39 Å². The molecule has 0 unspecified atom stereocenters. The Kier molecular flexibility index (Phi) is 5.76. The number of hydrogen-bond acceptors (Lipinski definition) is 2. The predicted octanol–water partition coefficient (Wildman–Crippen LogP) is 3.90. The van der Waals surface area contributed by atoms with E-state index in [1.165, 1.54) is 11.6 Å². The first-order valence-electron chi connectivity index (χ1n) is 7.25. The van der Waals surface area contributed by atoms with Crippen molar-refractivity contribution in [1.82, 2.24) is 4.90 Å². The zero-order chi connectivity index (χ0) is 15.1. The Morgan fingerprint density at radius 3 is 2.33 bits per heavy atom. The van der Waals surface area contributed by atoms with Crippen molar-refractivity contribution in [2.24, 2.45) is 0 Å². The van der Waals surface area contributed by atoms with E-state index in [2.05, 4.69) is 25.1 Å². The lowest BCUT2D eigenvalue weighted by molar-refractivity contribution is 0.296. The van der Waals surface area contributed by atoms with E-state index in [9.17, 15) is 4.39 Å². The normalized spacial score (nSPS) is 10.9. The monoisotopic (exact) mass is 287 g/mol. The summed E-state index contributed by atoms with van der Waals surface area (Å²) in [4.78, 5) is 2.17. The van der Waals surface area contributed by atoms with E-state index in [0.717, 1.165) is 25.1 Å². The van der Waals surface area contributed by atoms with Crippen LogP contribution in [0.2, 0.25) is 0 Å². The third-order valence-corrected chi connectivity index (χ3v) is 3.37. The van der Waals surface area contributed by atoms with Gasteiger partial charge in [0.2, 0.25) is 0 Å². The largest absolute Gasteiger partial charge is 0.489 e. The smallest absolute Gasteiger partial charge is 0.129 e. The molecule has 0 fully saturated rings. The van der Waals surface area contributed by atoms with E-state index >= 15 is 0 Å². The topological polar surface area (TPSA) is 12.5 Å². The summed E-state index contributed by atoms with van der Waals surface area (Å²) in [5.74, 6) is 0.627. The van der Waals surface area contributed by atoms with Crippen LogP contribution in [0, 0.1) is 5.82 Å². The highest BCUT2D eigenvalue weighted by Crippen LogP contribution is 2.21. The first-order chi connectivity index (χ1) is 10.2. The lowest BCUT2D eigenvalue weighted by Crippen LogP contribution is -2.13. The van der Waals surface area contributed by atoms with Gasteiger partial charge in [-0.05, 0) is 51.2 Å². The number of aryl methyl sites for hydroxylation is 1. The van der Waals surface area contributed by atoms with Crippen molar-refractivity contribution in [1.29, 1.82) is 0 Å². The molecule has 2 rings (SSSR count). The van der Waals surface area contributed by atoms with E-state index in [4.69, 9.17) is 4.74 Å². The molecule has 112 valence electrons. The van der Waals surface area contributed by atoms with Gasteiger partial charge in [-0.15, -0.1) is 0 Å². The standard InChI is InChI=1S/C18H22FNO/c1-20(2)13-7-10-15-8-4-6-12-18(15)21-14-16-9-3-5-11-17(16)19/h3-6,8-9,11-12H,7,10,13-14H2,1-2H3. The van der Waals surface area contributed by atoms with Crippen LogP contribution in [-0.2, 0) is 13.0 Å².